The lowest BCUT2D eigenvalue weighted by atomic mass is 10.6. The van der Waals surface area contributed by atoms with E-state index in [1.807, 2.05) is 0 Å². The Balaban J connectivity index is 0.000001000. The second-order valence-electron chi connectivity index (χ2n) is 2.05. The van der Waals surface area contributed by atoms with Gasteiger partial charge in [-0.3, -0.25) is 14.7 Å². The number of amides is 3. The number of hydrogen-bond donors (Lipinski definition) is 1. The lowest BCUT2D eigenvalue weighted by molar-refractivity contribution is -0.124. The van der Waals surface area contributed by atoms with E-state index in [0.717, 1.165) is 4.90 Å². The molecule has 0 atom stereocenters. The molecular weight excluding hydrogens is 146 g/mol. The molecule has 1 aliphatic heterocycles. The van der Waals surface area contributed by atoms with E-state index in [2.05, 4.69) is 5.43 Å². The summed E-state index contributed by atoms with van der Waals surface area (Å²) >= 11 is 0. The summed E-state index contributed by atoms with van der Waals surface area (Å²) in [5.41, 5.74) is 2.60. The Hall–Kier alpha value is -1.10. The van der Waals surface area contributed by atoms with Gasteiger partial charge < -0.3 is 0 Å². The first-order valence-electron chi connectivity index (χ1n) is 2.92. The molecule has 1 aliphatic rings. The Labute approximate surface area is 65.9 Å². The molecule has 1 heterocycles. The zero-order chi connectivity index (χ0) is 7.72. The van der Waals surface area contributed by atoms with Crippen LogP contribution in [0.1, 0.15) is 7.43 Å². The van der Waals surface area contributed by atoms with E-state index >= 15 is 0 Å². The average molecular weight is 159 g/mol. The van der Waals surface area contributed by atoms with Crippen LogP contribution >= 0.6 is 0 Å². The minimum Gasteiger partial charge on any atom is -0.272 e. The molecule has 5 nitrogen and oxygen atoms in total. The molecule has 0 aromatic heterocycles. The lowest BCUT2D eigenvalue weighted by Crippen LogP contribution is -2.38. The van der Waals surface area contributed by atoms with Crippen molar-refractivity contribution in [2.45, 2.75) is 7.43 Å². The highest BCUT2D eigenvalue weighted by Gasteiger charge is 2.31. The van der Waals surface area contributed by atoms with Gasteiger partial charge in [-0.2, -0.15) is 0 Å². The van der Waals surface area contributed by atoms with Crippen LogP contribution in [0.3, 0.4) is 0 Å². The number of nitrogens with zero attached hydrogens (tertiary/aromatic N) is 2. The summed E-state index contributed by atoms with van der Waals surface area (Å²) in [5, 5.41) is 1.25. The molecule has 1 rings (SSSR count). The molecule has 0 unspecified atom stereocenters. The van der Waals surface area contributed by atoms with Crippen LogP contribution in [0.15, 0.2) is 0 Å². The van der Waals surface area contributed by atoms with E-state index in [1.165, 1.54) is 12.1 Å². The molecule has 1 saturated heterocycles. The van der Waals surface area contributed by atoms with Crippen LogP contribution in [0, 0.1) is 0 Å². The summed E-state index contributed by atoms with van der Waals surface area (Å²) in [6.07, 6.45) is 0. The molecule has 0 radical (unpaired) electrons. The predicted molar refractivity (Wildman–Crippen MR) is 40.7 cm³/mol. The lowest BCUT2D eigenvalue weighted by Gasteiger charge is -2.11. The van der Waals surface area contributed by atoms with Gasteiger partial charge in [0.15, 0.2) is 0 Å². The Kier molecular flexibility index (Phi) is 3.00. The molecule has 0 bridgehead atoms. The second kappa shape index (κ2) is 3.34. The molecule has 1 fully saturated rings. The van der Waals surface area contributed by atoms with Crippen LogP contribution in [0.25, 0.3) is 0 Å². The fraction of sp³-hybridized carbons (Fsp3) is 0.667. The Morgan fingerprint density at radius 1 is 1.45 bits per heavy atom. The normalized spacial score (nSPS) is 17.3. The highest BCUT2D eigenvalue weighted by Crippen LogP contribution is 2.02. The molecule has 11 heavy (non-hydrogen) atoms. The van der Waals surface area contributed by atoms with Crippen LogP contribution in [-0.4, -0.2) is 42.5 Å². The third-order valence-corrected chi connectivity index (χ3v) is 1.46. The molecule has 0 aromatic carbocycles. The van der Waals surface area contributed by atoms with E-state index in [1.54, 1.807) is 7.05 Å². The Morgan fingerprint density at radius 2 is 2.00 bits per heavy atom. The van der Waals surface area contributed by atoms with E-state index in [0.29, 0.717) is 0 Å². The van der Waals surface area contributed by atoms with Gasteiger partial charge in [0.2, 0.25) is 0 Å². The van der Waals surface area contributed by atoms with Crippen molar-refractivity contribution < 1.29 is 9.59 Å². The van der Waals surface area contributed by atoms with Crippen molar-refractivity contribution >= 4 is 11.9 Å². The number of hydrazine groups is 1. The first-order chi connectivity index (χ1) is 4.66. The fourth-order valence-electron chi connectivity index (χ4n) is 0.771. The second-order valence-corrected chi connectivity index (χ2v) is 2.05. The van der Waals surface area contributed by atoms with Crippen molar-refractivity contribution in [1.82, 2.24) is 15.3 Å². The van der Waals surface area contributed by atoms with Gasteiger partial charge in [-0.05, 0) is 0 Å². The number of likely N-dealkylation sites (N-methyl/N-ethyl adjacent to an activating group) is 1. The molecule has 1 N–H and O–H groups in total. The van der Waals surface area contributed by atoms with Crippen LogP contribution in [-0.2, 0) is 4.79 Å². The number of rotatable bonds is 1. The van der Waals surface area contributed by atoms with Crippen molar-refractivity contribution in [1.29, 1.82) is 0 Å². The minimum atomic E-state index is -0.299. The third kappa shape index (κ3) is 1.48. The van der Waals surface area contributed by atoms with Gasteiger partial charge in [0.05, 0.1) is 0 Å². The maximum atomic E-state index is 10.9. The summed E-state index contributed by atoms with van der Waals surface area (Å²) in [4.78, 5) is 22.8. The van der Waals surface area contributed by atoms with Gasteiger partial charge >= 0.3 is 6.03 Å². The highest BCUT2D eigenvalue weighted by molar-refractivity contribution is 6.01. The monoisotopic (exact) mass is 159 g/mol. The molecule has 0 saturated carbocycles. The summed E-state index contributed by atoms with van der Waals surface area (Å²) < 4.78 is 0. The van der Waals surface area contributed by atoms with Gasteiger partial charge in [0.25, 0.3) is 5.91 Å². The molecule has 64 valence electrons. The Morgan fingerprint density at radius 3 is 2.18 bits per heavy atom. The number of hydrogen-bond acceptors (Lipinski definition) is 3. The standard InChI is InChI=1S/C5H9N3O2.CH4/c1-6-8-3-4(9)7(2)5(8)10;/h6H,3H2,1-2H3;1H4. The van der Waals surface area contributed by atoms with Crippen molar-refractivity contribution in [3.63, 3.8) is 0 Å². The smallest absolute Gasteiger partial charge is 0.272 e. The quantitative estimate of drug-likeness (QED) is 0.532. The molecule has 5 heteroatoms. The van der Waals surface area contributed by atoms with Crippen LogP contribution < -0.4 is 5.43 Å². The van der Waals surface area contributed by atoms with Gasteiger partial charge in [-0.1, -0.05) is 7.43 Å². The number of carbonyl (C=O) groups is 2. The van der Waals surface area contributed by atoms with Gasteiger partial charge in [-0.25, -0.2) is 10.2 Å². The van der Waals surface area contributed by atoms with Crippen molar-refractivity contribution in [3.05, 3.63) is 0 Å². The highest BCUT2D eigenvalue weighted by atomic mass is 16.2. The number of imide groups is 1. The van der Waals surface area contributed by atoms with Crippen LogP contribution in [0.5, 0.6) is 0 Å². The number of nitrogens with one attached hydrogen (secondary N) is 1. The largest absolute Gasteiger partial charge is 0.341 e. The first kappa shape index (κ1) is 9.90. The average Bonchev–Trinajstić information content (AvgIpc) is 2.17. The van der Waals surface area contributed by atoms with Crippen molar-refractivity contribution in [2.24, 2.45) is 0 Å². The van der Waals surface area contributed by atoms with Crippen LogP contribution in [0.4, 0.5) is 4.79 Å². The zero-order valence-corrected chi connectivity index (χ0v) is 5.92. The third-order valence-electron chi connectivity index (χ3n) is 1.46. The summed E-state index contributed by atoms with van der Waals surface area (Å²) in [6.45, 7) is 0.131. The molecule has 0 aromatic rings. The molecular formula is C6H13N3O2. The van der Waals surface area contributed by atoms with Gasteiger partial charge in [-0.15, -0.1) is 0 Å². The predicted octanol–water partition coefficient (Wildman–Crippen LogP) is -0.349. The first-order valence-corrected chi connectivity index (χ1v) is 2.92. The number of carbonyl (C=O) groups excluding carboxylic acids is 2. The van der Waals surface area contributed by atoms with Crippen molar-refractivity contribution in [3.8, 4) is 0 Å². The number of urea groups is 1. The summed E-state index contributed by atoms with van der Waals surface area (Å²) in [5.74, 6) is -0.181. The van der Waals surface area contributed by atoms with E-state index < -0.39 is 0 Å². The van der Waals surface area contributed by atoms with E-state index in [9.17, 15) is 9.59 Å². The summed E-state index contributed by atoms with van der Waals surface area (Å²) in [6, 6.07) is -0.299. The topological polar surface area (TPSA) is 52.7 Å². The van der Waals surface area contributed by atoms with Gasteiger partial charge in [0.1, 0.15) is 6.54 Å². The van der Waals surface area contributed by atoms with Gasteiger partial charge in [0, 0.05) is 14.1 Å². The molecule has 0 spiro atoms. The van der Waals surface area contributed by atoms with Crippen molar-refractivity contribution in [2.75, 3.05) is 20.6 Å². The molecule has 3 amide bonds. The van der Waals surface area contributed by atoms with Crippen LogP contribution in [0.2, 0.25) is 0 Å². The zero-order valence-electron chi connectivity index (χ0n) is 5.92. The Bertz CT molecular complexity index is 181. The van der Waals surface area contributed by atoms with E-state index in [4.69, 9.17) is 0 Å². The molecule has 0 aliphatic carbocycles. The fourth-order valence-corrected chi connectivity index (χ4v) is 0.771. The maximum absolute atomic E-state index is 10.9. The SMILES string of the molecule is C.CNN1CC(=O)N(C)C1=O. The maximum Gasteiger partial charge on any atom is 0.341 e. The summed E-state index contributed by atoms with van der Waals surface area (Å²) in [7, 11) is 3.06. The van der Waals surface area contributed by atoms with E-state index in [-0.39, 0.29) is 25.9 Å². The minimum absolute atomic E-state index is 0.